The second kappa shape index (κ2) is 7.11. The Balaban J connectivity index is 1.86. The number of benzene rings is 2. The monoisotopic (exact) mass is 379 g/mol. The quantitative estimate of drug-likeness (QED) is 0.673. The summed E-state index contributed by atoms with van der Waals surface area (Å²) in [6.45, 7) is 1.84. The van der Waals surface area contributed by atoms with E-state index in [0.29, 0.717) is 23.0 Å². The van der Waals surface area contributed by atoms with Crippen LogP contribution in [0, 0.1) is 18.3 Å². The molecule has 0 aliphatic rings. The number of anilines is 4. The Morgan fingerprint density at radius 2 is 1.71 bits per heavy atom. The van der Waals surface area contributed by atoms with Crippen LogP contribution < -0.4 is 10.6 Å². The van der Waals surface area contributed by atoms with Gasteiger partial charge < -0.3 is 10.6 Å². The molecule has 0 fully saturated rings. The van der Waals surface area contributed by atoms with Crippen molar-refractivity contribution in [3.05, 3.63) is 70.5 Å². The molecule has 3 rings (SSSR count). The highest BCUT2D eigenvalue weighted by atomic mass is 79.9. The molecule has 1 aromatic heterocycles. The van der Waals surface area contributed by atoms with E-state index in [4.69, 9.17) is 5.26 Å². The number of rotatable bonds is 4. The fourth-order valence-electron chi connectivity index (χ4n) is 2.21. The summed E-state index contributed by atoms with van der Waals surface area (Å²) < 4.78 is 0.956. The van der Waals surface area contributed by atoms with Gasteiger partial charge in [-0.15, -0.1) is 0 Å². The zero-order valence-corrected chi connectivity index (χ0v) is 14.5. The summed E-state index contributed by atoms with van der Waals surface area (Å²) in [4.78, 5) is 8.80. The lowest BCUT2D eigenvalue weighted by atomic mass is 10.2. The fourth-order valence-corrected chi connectivity index (χ4v) is 2.59. The molecule has 0 saturated carbocycles. The molecule has 0 atom stereocenters. The first-order chi connectivity index (χ1) is 11.6. The molecule has 0 amide bonds. The molecule has 3 aromatic rings. The van der Waals surface area contributed by atoms with Crippen LogP contribution in [0.2, 0.25) is 0 Å². The number of aromatic nitrogens is 2. The maximum absolute atomic E-state index is 8.99. The largest absolute Gasteiger partial charge is 0.340 e. The smallest absolute Gasteiger partial charge is 0.136 e. The first kappa shape index (κ1) is 16.0. The second-order valence-corrected chi connectivity index (χ2v) is 5.96. The van der Waals surface area contributed by atoms with E-state index in [-0.39, 0.29) is 0 Å². The van der Waals surface area contributed by atoms with E-state index in [1.165, 1.54) is 0 Å². The number of para-hydroxylation sites is 1. The Morgan fingerprint density at radius 1 is 0.958 bits per heavy atom. The van der Waals surface area contributed by atoms with Gasteiger partial charge in [0.25, 0.3) is 0 Å². The van der Waals surface area contributed by atoms with E-state index in [2.05, 4.69) is 42.6 Å². The normalized spacial score (nSPS) is 10.0. The van der Waals surface area contributed by atoms with Crippen LogP contribution in [-0.2, 0) is 0 Å². The molecule has 24 heavy (non-hydrogen) atoms. The van der Waals surface area contributed by atoms with E-state index in [1.807, 2.05) is 49.4 Å². The van der Waals surface area contributed by atoms with Crippen LogP contribution in [-0.4, -0.2) is 9.97 Å². The third-order valence-corrected chi connectivity index (χ3v) is 3.93. The first-order valence-corrected chi connectivity index (χ1v) is 8.08. The summed E-state index contributed by atoms with van der Waals surface area (Å²) in [6.07, 6.45) is 0. The third kappa shape index (κ3) is 3.89. The van der Waals surface area contributed by atoms with Crippen molar-refractivity contribution in [1.29, 1.82) is 5.26 Å². The molecular weight excluding hydrogens is 366 g/mol. The van der Waals surface area contributed by atoms with Gasteiger partial charge in [-0.2, -0.15) is 5.26 Å². The Bertz CT molecular complexity index is 917. The standard InChI is InChI=1S/C18H14BrN5/c1-12-21-17(23-14-6-4-5-13(9-14)11-20)10-18(22-12)24-16-8-3-2-7-15(16)19/h2-10H,1H3,(H2,21,22,23,24). The number of nitrogens with one attached hydrogen (secondary N) is 2. The van der Waals surface area contributed by atoms with Crippen LogP contribution in [0.4, 0.5) is 23.0 Å². The molecule has 0 aliphatic heterocycles. The lowest BCUT2D eigenvalue weighted by molar-refractivity contribution is 1.06. The highest BCUT2D eigenvalue weighted by Gasteiger charge is 2.05. The minimum Gasteiger partial charge on any atom is -0.340 e. The van der Waals surface area contributed by atoms with Crippen LogP contribution >= 0.6 is 15.9 Å². The van der Waals surface area contributed by atoms with Crippen molar-refractivity contribution in [2.45, 2.75) is 6.92 Å². The van der Waals surface area contributed by atoms with Crippen LogP contribution in [0.25, 0.3) is 0 Å². The number of nitrogens with zero attached hydrogens (tertiary/aromatic N) is 3. The van der Waals surface area contributed by atoms with Crippen molar-refractivity contribution in [2.24, 2.45) is 0 Å². The second-order valence-electron chi connectivity index (χ2n) is 5.11. The van der Waals surface area contributed by atoms with Crippen molar-refractivity contribution in [3.63, 3.8) is 0 Å². The van der Waals surface area contributed by atoms with Gasteiger partial charge in [0.15, 0.2) is 0 Å². The lowest BCUT2D eigenvalue weighted by Gasteiger charge is -2.11. The summed E-state index contributed by atoms with van der Waals surface area (Å²) in [5.74, 6) is 1.99. The third-order valence-electron chi connectivity index (χ3n) is 3.24. The highest BCUT2D eigenvalue weighted by molar-refractivity contribution is 9.10. The van der Waals surface area contributed by atoms with E-state index in [1.54, 1.807) is 12.1 Å². The molecule has 0 aliphatic carbocycles. The van der Waals surface area contributed by atoms with Crippen LogP contribution in [0.5, 0.6) is 0 Å². The number of halogens is 1. The van der Waals surface area contributed by atoms with Crippen molar-refractivity contribution < 1.29 is 0 Å². The zero-order valence-electron chi connectivity index (χ0n) is 12.9. The molecule has 0 radical (unpaired) electrons. The Morgan fingerprint density at radius 3 is 2.46 bits per heavy atom. The van der Waals surface area contributed by atoms with Crippen LogP contribution in [0.3, 0.4) is 0 Å². The maximum Gasteiger partial charge on any atom is 0.136 e. The van der Waals surface area contributed by atoms with Crippen LogP contribution in [0.15, 0.2) is 59.1 Å². The van der Waals surface area contributed by atoms with E-state index in [0.717, 1.165) is 15.8 Å². The highest BCUT2D eigenvalue weighted by Crippen LogP contribution is 2.26. The molecule has 2 N–H and O–H groups in total. The van der Waals surface area contributed by atoms with E-state index in [9.17, 15) is 0 Å². The summed E-state index contributed by atoms with van der Waals surface area (Å²) in [6, 6.07) is 19.0. The van der Waals surface area contributed by atoms with Gasteiger partial charge >= 0.3 is 0 Å². The summed E-state index contributed by atoms with van der Waals surface area (Å²) in [7, 11) is 0. The predicted molar refractivity (Wildman–Crippen MR) is 98.6 cm³/mol. The zero-order chi connectivity index (χ0) is 16.9. The minimum absolute atomic E-state index is 0.595. The van der Waals surface area contributed by atoms with Crippen molar-refractivity contribution in [1.82, 2.24) is 9.97 Å². The maximum atomic E-state index is 8.99. The van der Waals surface area contributed by atoms with Gasteiger partial charge in [0.1, 0.15) is 17.5 Å². The summed E-state index contributed by atoms with van der Waals surface area (Å²) >= 11 is 3.51. The molecule has 2 aromatic carbocycles. The molecule has 118 valence electrons. The minimum atomic E-state index is 0.595. The fraction of sp³-hybridized carbons (Fsp3) is 0.0556. The lowest BCUT2D eigenvalue weighted by Crippen LogP contribution is -2.01. The number of hydrogen-bond acceptors (Lipinski definition) is 5. The average Bonchev–Trinajstić information content (AvgIpc) is 2.56. The van der Waals surface area contributed by atoms with E-state index < -0.39 is 0 Å². The molecule has 5 nitrogen and oxygen atoms in total. The first-order valence-electron chi connectivity index (χ1n) is 7.28. The molecule has 1 heterocycles. The van der Waals surface area contributed by atoms with E-state index >= 15 is 0 Å². The van der Waals surface area contributed by atoms with Gasteiger partial charge in [0.05, 0.1) is 17.3 Å². The predicted octanol–water partition coefficient (Wildman–Crippen LogP) is 4.91. The topological polar surface area (TPSA) is 73.6 Å². The molecule has 6 heteroatoms. The van der Waals surface area contributed by atoms with Gasteiger partial charge in [-0.25, -0.2) is 9.97 Å². The summed E-state index contributed by atoms with van der Waals surface area (Å²) in [5, 5.41) is 15.5. The molecular formula is C18H14BrN5. The molecule has 0 unspecified atom stereocenters. The molecule has 0 saturated heterocycles. The number of hydrogen-bond donors (Lipinski definition) is 2. The number of nitriles is 1. The number of aryl methyl sites for hydroxylation is 1. The SMILES string of the molecule is Cc1nc(Nc2cccc(C#N)c2)cc(Nc2ccccc2Br)n1. The molecule has 0 bridgehead atoms. The van der Waals surface area contributed by atoms with Gasteiger partial charge in [-0.1, -0.05) is 18.2 Å². The Kier molecular flexibility index (Phi) is 4.73. The van der Waals surface area contributed by atoms with Crippen molar-refractivity contribution in [3.8, 4) is 6.07 Å². The van der Waals surface area contributed by atoms with Crippen LogP contribution in [0.1, 0.15) is 11.4 Å². The molecule has 0 spiro atoms. The van der Waals surface area contributed by atoms with Gasteiger partial charge in [0, 0.05) is 16.2 Å². The van der Waals surface area contributed by atoms with Crippen molar-refractivity contribution >= 4 is 38.9 Å². The van der Waals surface area contributed by atoms with Crippen molar-refractivity contribution in [2.75, 3.05) is 10.6 Å². The van der Waals surface area contributed by atoms with Gasteiger partial charge in [-0.3, -0.25) is 0 Å². The van der Waals surface area contributed by atoms with Gasteiger partial charge in [-0.05, 0) is 53.2 Å². The Hall–Kier alpha value is -2.91. The summed E-state index contributed by atoms with van der Waals surface area (Å²) in [5.41, 5.74) is 2.32. The van der Waals surface area contributed by atoms with Gasteiger partial charge in [0.2, 0.25) is 0 Å². The average molecular weight is 380 g/mol. The Labute approximate surface area is 148 Å².